The van der Waals surface area contributed by atoms with Crippen molar-refractivity contribution in [3.63, 3.8) is 0 Å². The van der Waals surface area contributed by atoms with Gasteiger partial charge < -0.3 is 4.57 Å². The van der Waals surface area contributed by atoms with Crippen LogP contribution in [-0.4, -0.2) is 29.1 Å². The van der Waals surface area contributed by atoms with Crippen molar-refractivity contribution in [2.75, 3.05) is 13.6 Å². The molecule has 2 aromatic rings. The van der Waals surface area contributed by atoms with Gasteiger partial charge in [0, 0.05) is 30.2 Å². The number of halogens is 1. The number of fused-ring (bicyclic) bond motifs is 2. The maximum absolute atomic E-state index is 13.9. The molecule has 18 heavy (non-hydrogen) atoms. The first-order chi connectivity index (χ1) is 8.75. The molecule has 0 amide bonds. The van der Waals surface area contributed by atoms with E-state index in [0.29, 0.717) is 6.04 Å². The minimum absolute atomic E-state index is 0.103. The molecule has 2 aliphatic rings. The topological polar surface area (TPSA) is 8.17 Å². The SMILES string of the molecule is CN1CCC=C2c3cccc4c(F)cn(c34)CC21. The quantitative estimate of drug-likeness (QED) is 0.689. The fraction of sp³-hybridized carbons (Fsp3) is 0.333. The highest BCUT2D eigenvalue weighted by Gasteiger charge is 2.30. The normalized spacial score (nSPS) is 23.0. The molecule has 2 nitrogen and oxygen atoms in total. The van der Waals surface area contributed by atoms with E-state index in [9.17, 15) is 4.39 Å². The zero-order valence-corrected chi connectivity index (χ0v) is 10.4. The van der Waals surface area contributed by atoms with Gasteiger partial charge in [-0.15, -0.1) is 0 Å². The molecule has 0 saturated carbocycles. The van der Waals surface area contributed by atoms with Crippen molar-refractivity contribution in [3.05, 3.63) is 41.9 Å². The largest absolute Gasteiger partial charge is 0.342 e. The second kappa shape index (κ2) is 3.45. The maximum Gasteiger partial charge on any atom is 0.148 e. The lowest BCUT2D eigenvalue weighted by Crippen LogP contribution is -2.41. The van der Waals surface area contributed by atoms with Crippen molar-refractivity contribution in [3.8, 4) is 0 Å². The lowest BCUT2D eigenvalue weighted by atomic mass is 9.89. The number of benzene rings is 1. The molecule has 0 fully saturated rings. The average molecular weight is 242 g/mol. The molecule has 0 bridgehead atoms. The Morgan fingerprint density at radius 1 is 1.33 bits per heavy atom. The summed E-state index contributed by atoms with van der Waals surface area (Å²) in [6.07, 6.45) is 5.06. The van der Waals surface area contributed by atoms with Crippen LogP contribution >= 0.6 is 0 Å². The van der Waals surface area contributed by atoms with Crippen LogP contribution in [0, 0.1) is 5.82 Å². The molecular formula is C15H15FN2. The Bertz CT molecular complexity index is 668. The Hall–Kier alpha value is -1.61. The van der Waals surface area contributed by atoms with Crippen LogP contribution in [0.25, 0.3) is 16.5 Å². The Morgan fingerprint density at radius 2 is 2.22 bits per heavy atom. The molecule has 0 radical (unpaired) electrons. The second-order valence-corrected chi connectivity index (χ2v) is 5.28. The molecule has 4 rings (SSSR count). The summed E-state index contributed by atoms with van der Waals surface area (Å²) in [6.45, 7) is 1.95. The van der Waals surface area contributed by atoms with Crippen molar-refractivity contribution in [2.45, 2.75) is 19.0 Å². The van der Waals surface area contributed by atoms with Gasteiger partial charge in [0.05, 0.1) is 11.6 Å². The Morgan fingerprint density at radius 3 is 3.11 bits per heavy atom. The predicted molar refractivity (Wildman–Crippen MR) is 70.9 cm³/mol. The van der Waals surface area contributed by atoms with E-state index in [4.69, 9.17) is 0 Å². The average Bonchev–Trinajstić information content (AvgIpc) is 2.70. The number of hydrogen-bond acceptors (Lipinski definition) is 1. The van der Waals surface area contributed by atoms with Crippen LogP contribution in [0.1, 0.15) is 12.0 Å². The summed E-state index contributed by atoms with van der Waals surface area (Å²) in [5, 5.41) is 0.750. The van der Waals surface area contributed by atoms with Gasteiger partial charge in [-0.2, -0.15) is 0 Å². The van der Waals surface area contributed by atoms with E-state index in [1.807, 2.05) is 12.1 Å². The zero-order chi connectivity index (χ0) is 12.3. The van der Waals surface area contributed by atoms with Crippen LogP contribution in [0.4, 0.5) is 4.39 Å². The van der Waals surface area contributed by atoms with Gasteiger partial charge in [-0.3, -0.25) is 4.90 Å². The Balaban J connectivity index is 2.05. The monoisotopic (exact) mass is 242 g/mol. The van der Waals surface area contributed by atoms with E-state index in [1.54, 1.807) is 6.20 Å². The first-order valence-electron chi connectivity index (χ1n) is 6.44. The van der Waals surface area contributed by atoms with Crippen LogP contribution in [0.15, 0.2) is 30.5 Å². The third-order valence-electron chi connectivity index (χ3n) is 4.27. The van der Waals surface area contributed by atoms with Gasteiger partial charge >= 0.3 is 0 Å². The molecule has 0 N–H and O–H groups in total. The molecule has 1 unspecified atom stereocenters. The minimum Gasteiger partial charge on any atom is -0.342 e. The molecule has 3 heterocycles. The second-order valence-electron chi connectivity index (χ2n) is 5.28. The molecule has 3 heteroatoms. The van der Waals surface area contributed by atoms with Gasteiger partial charge in [-0.1, -0.05) is 18.2 Å². The van der Waals surface area contributed by atoms with Gasteiger partial charge in [0.2, 0.25) is 0 Å². The zero-order valence-electron chi connectivity index (χ0n) is 10.4. The number of nitrogens with zero attached hydrogens (tertiary/aromatic N) is 2. The van der Waals surface area contributed by atoms with Crippen molar-refractivity contribution in [1.82, 2.24) is 9.47 Å². The summed E-state index contributed by atoms with van der Waals surface area (Å²) >= 11 is 0. The minimum atomic E-state index is -0.103. The standard InChI is InChI=1S/C15H15FN2/c1-17-7-3-6-10-11-4-2-5-12-13(16)8-18(15(11)12)9-14(10)17/h2,4-6,8,14H,3,7,9H2,1H3. The van der Waals surface area contributed by atoms with Crippen molar-refractivity contribution in [2.24, 2.45) is 0 Å². The van der Waals surface area contributed by atoms with Crippen molar-refractivity contribution in [1.29, 1.82) is 0 Å². The van der Waals surface area contributed by atoms with Gasteiger partial charge in [0.1, 0.15) is 5.82 Å². The number of hydrogen-bond donors (Lipinski definition) is 0. The van der Waals surface area contributed by atoms with E-state index >= 15 is 0 Å². The summed E-state index contributed by atoms with van der Waals surface area (Å²) in [5.74, 6) is -0.103. The van der Waals surface area contributed by atoms with Gasteiger partial charge in [0.15, 0.2) is 0 Å². The van der Waals surface area contributed by atoms with E-state index < -0.39 is 0 Å². The highest BCUT2D eigenvalue weighted by Crippen LogP contribution is 2.38. The molecule has 0 spiro atoms. The summed E-state index contributed by atoms with van der Waals surface area (Å²) < 4.78 is 16.0. The third kappa shape index (κ3) is 1.20. The highest BCUT2D eigenvalue weighted by atomic mass is 19.1. The first-order valence-corrected chi connectivity index (χ1v) is 6.44. The van der Waals surface area contributed by atoms with Crippen LogP contribution in [-0.2, 0) is 6.54 Å². The lowest BCUT2D eigenvalue weighted by molar-refractivity contribution is 0.260. The number of para-hydroxylation sites is 1. The Kier molecular flexibility index (Phi) is 1.98. The van der Waals surface area contributed by atoms with Crippen LogP contribution in [0.3, 0.4) is 0 Å². The fourth-order valence-corrected chi connectivity index (χ4v) is 3.36. The van der Waals surface area contributed by atoms with Crippen LogP contribution in [0.5, 0.6) is 0 Å². The van der Waals surface area contributed by atoms with E-state index in [1.165, 1.54) is 11.1 Å². The summed E-state index contributed by atoms with van der Waals surface area (Å²) in [5.41, 5.74) is 3.65. The summed E-state index contributed by atoms with van der Waals surface area (Å²) in [7, 11) is 2.16. The molecule has 0 aliphatic carbocycles. The number of rotatable bonds is 0. The summed E-state index contributed by atoms with van der Waals surface area (Å²) in [4.78, 5) is 2.37. The molecule has 1 aromatic carbocycles. The molecular weight excluding hydrogens is 227 g/mol. The predicted octanol–water partition coefficient (Wildman–Crippen LogP) is 2.88. The first kappa shape index (κ1) is 10.3. The highest BCUT2D eigenvalue weighted by molar-refractivity contribution is 5.95. The molecule has 0 saturated heterocycles. The van der Waals surface area contributed by atoms with Crippen molar-refractivity contribution >= 4 is 16.5 Å². The van der Waals surface area contributed by atoms with Crippen LogP contribution in [0.2, 0.25) is 0 Å². The maximum atomic E-state index is 13.9. The molecule has 1 atom stereocenters. The molecule has 92 valence electrons. The van der Waals surface area contributed by atoms with Crippen molar-refractivity contribution < 1.29 is 4.39 Å². The van der Waals surface area contributed by atoms with E-state index in [2.05, 4.69) is 28.7 Å². The third-order valence-corrected chi connectivity index (χ3v) is 4.27. The number of aromatic nitrogens is 1. The lowest BCUT2D eigenvalue weighted by Gasteiger charge is -2.37. The smallest absolute Gasteiger partial charge is 0.148 e. The summed E-state index contributed by atoms with van der Waals surface area (Å²) in [6, 6.07) is 6.35. The van der Waals surface area contributed by atoms with Gasteiger partial charge in [-0.25, -0.2) is 4.39 Å². The van der Waals surface area contributed by atoms with Gasteiger partial charge in [-0.05, 0) is 25.1 Å². The fourth-order valence-electron chi connectivity index (χ4n) is 3.36. The van der Waals surface area contributed by atoms with E-state index in [0.717, 1.165) is 30.4 Å². The Labute approximate surface area is 105 Å². The van der Waals surface area contributed by atoms with Gasteiger partial charge in [0.25, 0.3) is 0 Å². The number of likely N-dealkylation sites (N-methyl/N-ethyl adjacent to an activating group) is 1. The molecule has 2 aliphatic heterocycles. The van der Waals surface area contributed by atoms with Crippen LogP contribution < -0.4 is 0 Å². The van der Waals surface area contributed by atoms with E-state index in [-0.39, 0.29) is 5.82 Å². The molecule has 1 aromatic heterocycles.